The molecule has 2 aliphatic carbocycles. The highest BCUT2D eigenvalue weighted by Gasteiger charge is 2.44. The van der Waals surface area contributed by atoms with E-state index in [-0.39, 0.29) is 20.8 Å². The molecule has 0 unspecified atom stereocenters. The highest BCUT2D eigenvalue weighted by Crippen LogP contribution is 2.42. The third-order valence-electron chi connectivity index (χ3n) is 9.84. The monoisotopic (exact) mass is 730 g/mol. The molecular weight excluding hydrogens is 681 g/mol. The number of aryl methyl sites for hydroxylation is 2. The van der Waals surface area contributed by atoms with Crippen molar-refractivity contribution >= 4 is 26.7 Å². The van der Waals surface area contributed by atoms with Crippen molar-refractivity contribution in [1.82, 2.24) is 10.2 Å². The molecule has 11 nitrogen and oxygen atoms in total. The number of methoxy groups -OCH3 is 1. The number of carbonyl (C=O) groups excluding carboxylic acids is 1. The number of nitrogens with zero attached hydrogens (tertiary/aromatic N) is 1. The number of likely N-dealkylation sites (tertiary alicyclic amines) is 1. The van der Waals surface area contributed by atoms with Gasteiger partial charge in [0, 0.05) is 37.6 Å². The second kappa shape index (κ2) is 17.4. The first-order valence-corrected chi connectivity index (χ1v) is 19.8. The second-order valence-electron chi connectivity index (χ2n) is 13.8. The molecule has 1 heterocycles. The van der Waals surface area contributed by atoms with E-state index in [0.29, 0.717) is 18.4 Å². The van der Waals surface area contributed by atoms with Crippen LogP contribution in [0.25, 0.3) is 0 Å². The molecule has 3 fully saturated rings. The Bertz CT molecular complexity index is 1650. The maximum absolute atomic E-state index is 10.9. The molecule has 1 aliphatic heterocycles. The van der Waals surface area contributed by atoms with Gasteiger partial charge in [0.05, 0.1) is 16.4 Å². The smallest absolute Gasteiger partial charge is 0.294 e. The zero-order chi connectivity index (χ0) is 36.4. The Hall–Kier alpha value is -3.17. The molecule has 0 spiro atoms. The minimum atomic E-state index is -4.02. The third kappa shape index (κ3) is 11.7. The van der Waals surface area contributed by atoms with Gasteiger partial charge in [-0.15, -0.1) is 0 Å². The predicted molar refractivity (Wildman–Crippen MR) is 191 cm³/mol. The fourth-order valence-corrected chi connectivity index (χ4v) is 7.48. The molecule has 3 aliphatic rings. The molecule has 274 valence electrons. The number of piperidine rings is 1. The maximum atomic E-state index is 10.9. The van der Waals surface area contributed by atoms with Crippen LogP contribution in [-0.4, -0.2) is 88.9 Å². The summed E-state index contributed by atoms with van der Waals surface area (Å²) in [6.07, 6.45) is 6.69. The van der Waals surface area contributed by atoms with E-state index in [1.54, 1.807) is 24.3 Å². The summed E-state index contributed by atoms with van der Waals surface area (Å²) in [5.74, 6) is 0.667. The Labute approximate surface area is 296 Å². The summed E-state index contributed by atoms with van der Waals surface area (Å²) in [5, 5.41) is 3.84. The lowest BCUT2D eigenvalue weighted by molar-refractivity contribution is -0.157. The average Bonchev–Trinajstić information content (AvgIpc) is 3.85. The summed E-state index contributed by atoms with van der Waals surface area (Å²) in [5.41, 5.74) is 3.37. The number of hydrogen-bond acceptors (Lipinski definition) is 9. The zero-order valence-electron chi connectivity index (χ0n) is 29.0. The van der Waals surface area contributed by atoms with Crippen molar-refractivity contribution in [3.8, 4) is 0 Å². The van der Waals surface area contributed by atoms with Crippen molar-refractivity contribution in [3.63, 3.8) is 0 Å². The Balaban J connectivity index is 0.000000209. The molecule has 6 rings (SSSR count). The van der Waals surface area contributed by atoms with Crippen LogP contribution in [0.15, 0.2) is 88.7 Å². The van der Waals surface area contributed by atoms with Crippen molar-refractivity contribution in [2.24, 2.45) is 5.41 Å². The van der Waals surface area contributed by atoms with Crippen molar-refractivity contribution in [1.29, 1.82) is 0 Å². The standard InChI is InChI=1S/C23H34N2O3.2C7H8O3S/c1-27-17-22(15-24-21-14-20(21)19-6-3-2-4-7-19)10-12-25(13-11-22)16-23(28-18-26)8-5-9-23;2*1-6-2-4-7(5-3-6)11(8,9)10/h2-4,6-7,18,20-21,24H,5,8-17H2,1H3;2*2-5H,1H3,(H,8,9,10)/t20-,21+;;/m0../s1. The van der Waals surface area contributed by atoms with Gasteiger partial charge in [0.2, 0.25) is 0 Å². The highest BCUT2D eigenvalue weighted by atomic mass is 32.2. The number of benzene rings is 3. The Morgan fingerprint density at radius 1 is 0.820 bits per heavy atom. The van der Waals surface area contributed by atoms with Gasteiger partial charge in [-0.2, -0.15) is 16.8 Å². The molecule has 3 aromatic rings. The van der Waals surface area contributed by atoms with Gasteiger partial charge in [-0.1, -0.05) is 65.7 Å². The normalized spacial score (nSPS) is 20.9. The van der Waals surface area contributed by atoms with E-state index in [2.05, 4.69) is 40.5 Å². The molecule has 50 heavy (non-hydrogen) atoms. The molecule has 0 aromatic heterocycles. The molecule has 1 saturated heterocycles. The summed E-state index contributed by atoms with van der Waals surface area (Å²) in [6.45, 7) is 9.16. The summed E-state index contributed by atoms with van der Waals surface area (Å²) >= 11 is 0. The van der Waals surface area contributed by atoms with Gasteiger partial charge >= 0.3 is 0 Å². The first kappa shape index (κ1) is 39.6. The average molecular weight is 731 g/mol. The minimum Gasteiger partial charge on any atom is -0.460 e. The quantitative estimate of drug-likeness (QED) is 0.161. The zero-order valence-corrected chi connectivity index (χ0v) is 30.7. The lowest BCUT2D eigenvalue weighted by Gasteiger charge is -2.47. The van der Waals surface area contributed by atoms with E-state index < -0.39 is 20.2 Å². The van der Waals surface area contributed by atoms with E-state index in [0.717, 1.165) is 69.6 Å². The van der Waals surface area contributed by atoms with Crippen LogP contribution >= 0.6 is 0 Å². The second-order valence-corrected chi connectivity index (χ2v) is 16.6. The third-order valence-corrected chi connectivity index (χ3v) is 11.6. The summed E-state index contributed by atoms with van der Waals surface area (Å²) < 4.78 is 70.2. The van der Waals surface area contributed by atoms with Gasteiger partial charge in [0.15, 0.2) is 0 Å². The number of ether oxygens (including phenoxy) is 2. The molecule has 3 aromatic carbocycles. The van der Waals surface area contributed by atoms with Gasteiger partial charge in [-0.25, -0.2) is 0 Å². The first-order chi connectivity index (χ1) is 23.7. The topological polar surface area (TPSA) is 160 Å². The van der Waals surface area contributed by atoms with E-state index in [1.165, 1.54) is 42.7 Å². The number of carbonyl (C=O) groups is 1. The van der Waals surface area contributed by atoms with Crippen molar-refractivity contribution in [2.75, 3.05) is 39.9 Å². The highest BCUT2D eigenvalue weighted by molar-refractivity contribution is 7.86. The van der Waals surface area contributed by atoms with Crippen LogP contribution in [0.3, 0.4) is 0 Å². The predicted octanol–water partition coefficient (Wildman–Crippen LogP) is 5.44. The number of hydrogen-bond donors (Lipinski definition) is 3. The largest absolute Gasteiger partial charge is 0.460 e. The van der Waals surface area contributed by atoms with Crippen LogP contribution in [0.2, 0.25) is 0 Å². The molecule has 0 bridgehead atoms. The van der Waals surface area contributed by atoms with Crippen molar-refractivity contribution < 1.29 is 40.2 Å². The van der Waals surface area contributed by atoms with Crippen LogP contribution in [-0.2, 0) is 34.5 Å². The molecule has 3 N–H and O–H groups in total. The lowest BCUT2D eigenvalue weighted by Crippen LogP contribution is -2.54. The fourth-order valence-electron chi connectivity index (χ4n) is 6.52. The SMILES string of the molecule is COCC1(CN[C@@H]2C[C@H]2c2ccccc2)CCN(CC2(OC=O)CCC2)CC1.Cc1ccc(S(=O)(=O)O)cc1.Cc1ccc(S(=O)(=O)O)cc1. The Morgan fingerprint density at radius 3 is 1.76 bits per heavy atom. The molecule has 0 amide bonds. The van der Waals surface area contributed by atoms with Gasteiger partial charge in [0.1, 0.15) is 5.60 Å². The van der Waals surface area contributed by atoms with Crippen LogP contribution in [0.4, 0.5) is 0 Å². The van der Waals surface area contributed by atoms with E-state index in [9.17, 15) is 21.6 Å². The first-order valence-electron chi connectivity index (χ1n) is 16.9. The molecule has 2 saturated carbocycles. The van der Waals surface area contributed by atoms with Crippen molar-refractivity contribution in [2.45, 2.75) is 79.7 Å². The maximum Gasteiger partial charge on any atom is 0.294 e. The molecular formula is C37H50N2O9S2. The van der Waals surface area contributed by atoms with Crippen LogP contribution < -0.4 is 5.32 Å². The molecule has 0 radical (unpaired) electrons. The van der Waals surface area contributed by atoms with E-state index >= 15 is 0 Å². The van der Waals surface area contributed by atoms with Crippen LogP contribution in [0.5, 0.6) is 0 Å². The Kier molecular flexibility index (Phi) is 13.8. The lowest BCUT2D eigenvalue weighted by atomic mass is 9.76. The number of nitrogens with one attached hydrogen (secondary N) is 1. The van der Waals surface area contributed by atoms with Gasteiger partial charge in [0.25, 0.3) is 26.7 Å². The molecule has 2 atom stereocenters. The summed E-state index contributed by atoms with van der Waals surface area (Å²) in [4.78, 5) is 13.2. The van der Waals surface area contributed by atoms with E-state index in [1.807, 2.05) is 21.0 Å². The number of rotatable bonds is 12. The van der Waals surface area contributed by atoms with Gasteiger partial charge in [-0.3, -0.25) is 18.8 Å². The summed E-state index contributed by atoms with van der Waals surface area (Å²) in [7, 11) is -6.22. The van der Waals surface area contributed by atoms with Crippen molar-refractivity contribution in [3.05, 3.63) is 95.6 Å². The minimum absolute atomic E-state index is 0.0666. The summed E-state index contributed by atoms with van der Waals surface area (Å²) in [6, 6.07) is 23.4. The van der Waals surface area contributed by atoms with Crippen LogP contribution in [0, 0.1) is 19.3 Å². The van der Waals surface area contributed by atoms with Crippen LogP contribution in [0.1, 0.15) is 61.1 Å². The Morgan fingerprint density at radius 2 is 1.34 bits per heavy atom. The fraction of sp³-hybridized carbons (Fsp3) is 0.486. The van der Waals surface area contributed by atoms with E-state index in [4.69, 9.17) is 18.6 Å². The van der Waals surface area contributed by atoms with Gasteiger partial charge in [-0.05, 0) is 95.3 Å². The van der Waals surface area contributed by atoms with Gasteiger partial charge < -0.3 is 14.8 Å². The molecule has 13 heteroatoms.